The van der Waals surface area contributed by atoms with Gasteiger partial charge in [0.25, 0.3) is 0 Å². The third-order valence-corrected chi connectivity index (χ3v) is 4.31. The zero-order chi connectivity index (χ0) is 12.1. The summed E-state index contributed by atoms with van der Waals surface area (Å²) in [6.07, 6.45) is 0. The average molecular weight is 237 g/mol. The van der Waals surface area contributed by atoms with Crippen LogP contribution in [-0.2, 0) is 14.8 Å². The van der Waals surface area contributed by atoms with E-state index in [2.05, 4.69) is 0 Å². The van der Waals surface area contributed by atoms with Crippen molar-refractivity contribution in [2.45, 2.75) is 32.9 Å². The number of hydrogen-bond donors (Lipinski definition) is 0. The Morgan fingerprint density at radius 3 is 2.07 bits per heavy atom. The standard InChI is InChI=1S/C10H23NO3S/c1-9(2)8-11(6-7-14-5)15(12,13)10(3)4/h9-10H,6-8H2,1-5H3. The van der Waals surface area contributed by atoms with Crippen LogP contribution in [0.25, 0.3) is 0 Å². The maximum absolute atomic E-state index is 11.9. The van der Waals surface area contributed by atoms with Crippen molar-refractivity contribution >= 4 is 10.0 Å². The summed E-state index contributed by atoms with van der Waals surface area (Å²) < 4.78 is 30.3. The van der Waals surface area contributed by atoms with E-state index in [9.17, 15) is 8.42 Å². The van der Waals surface area contributed by atoms with Crippen molar-refractivity contribution in [3.63, 3.8) is 0 Å². The summed E-state index contributed by atoms with van der Waals surface area (Å²) in [7, 11) is -1.57. The summed E-state index contributed by atoms with van der Waals surface area (Å²) in [5, 5.41) is -0.367. The van der Waals surface area contributed by atoms with E-state index in [4.69, 9.17) is 4.74 Å². The first-order chi connectivity index (χ1) is 6.82. The van der Waals surface area contributed by atoms with Crippen LogP contribution in [0.3, 0.4) is 0 Å². The number of methoxy groups -OCH3 is 1. The lowest BCUT2D eigenvalue weighted by atomic mass is 10.2. The van der Waals surface area contributed by atoms with Gasteiger partial charge < -0.3 is 4.74 Å². The maximum atomic E-state index is 11.9. The smallest absolute Gasteiger partial charge is 0.216 e. The molecule has 0 aromatic rings. The second kappa shape index (κ2) is 6.45. The number of hydrogen-bond acceptors (Lipinski definition) is 3. The van der Waals surface area contributed by atoms with E-state index in [0.29, 0.717) is 25.6 Å². The van der Waals surface area contributed by atoms with Crippen molar-refractivity contribution in [1.29, 1.82) is 0 Å². The summed E-state index contributed by atoms with van der Waals surface area (Å²) >= 11 is 0. The molecule has 0 unspecified atom stereocenters. The predicted octanol–water partition coefficient (Wildman–Crippen LogP) is 1.33. The molecule has 0 amide bonds. The first kappa shape index (κ1) is 14.9. The van der Waals surface area contributed by atoms with E-state index in [1.54, 1.807) is 21.0 Å². The summed E-state index contributed by atoms with van der Waals surface area (Å²) in [5.41, 5.74) is 0. The van der Waals surface area contributed by atoms with E-state index >= 15 is 0 Å². The fraction of sp³-hybridized carbons (Fsp3) is 1.00. The van der Waals surface area contributed by atoms with Gasteiger partial charge in [-0.05, 0) is 19.8 Å². The third kappa shape index (κ3) is 4.95. The van der Waals surface area contributed by atoms with Crippen LogP contribution in [0.4, 0.5) is 0 Å². The van der Waals surface area contributed by atoms with E-state index in [1.165, 1.54) is 4.31 Å². The zero-order valence-electron chi connectivity index (χ0n) is 10.4. The van der Waals surface area contributed by atoms with Crippen LogP contribution in [0.2, 0.25) is 0 Å². The van der Waals surface area contributed by atoms with Gasteiger partial charge in [-0.25, -0.2) is 8.42 Å². The molecule has 0 atom stereocenters. The van der Waals surface area contributed by atoms with Crippen LogP contribution in [0.15, 0.2) is 0 Å². The number of nitrogens with zero attached hydrogens (tertiary/aromatic N) is 1. The minimum Gasteiger partial charge on any atom is -0.383 e. The second-order valence-corrected chi connectivity index (χ2v) is 6.83. The Labute approximate surface area is 93.7 Å². The summed E-state index contributed by atoms with van der Waals surface area (Å²) in [4.78, 5) is 0. The van der Waals surface area contributed by atoms with E-state index in [0.717, 1.165) is 0 Å². The van der Waals surface area contributed by atoms with E-state index in [-0.39, 0.29) is 5.25 Å². The number of sulfonamides is 1. The van der Waals surface area contributed by atoms with Gasteiger partial charge in [0.15, 0.2) is 0 Å². The van der Waals surface area contributed by atoms with Crippen molar-refractivity contribution in [3.8, 4) is 0 Å². The van der Waals surface area contributed by atoms with Gasteiger partial charge in [0, 0.05) is 20.2 Å². The normalized spacial score (nSPS) is 13.1. The molecule has 0 aromatic carbocycles. The zero-order valence-corrected chi connectivity index (χ0v) is 11.2. The first-order valence-electron chi connectivity index (χ1n) is 5.30. The van der Waals surface area contributed by atoms with Gasteiger partial charge in [-0.15, -0.1) is 0 Å². The molecular weight excluding hydrogens is 214 g/mol. The Kier molecular flexibility index (Phi) is 6.40. The minimum absolute atomic E-state index is 0.329. The molecule has 0 aromatic heterocycles. The molecule has 0 aliphatic carbocycles. The van der Waals surface area contributed by atoms with Crippen molar-refractivity contribution in [2.75, 3.05) is 26.8 Å². The molecule has 0 N–H and O–H groups in total. The third-order valence-electron chi connectivity index (χ3n) is 2.07. The second-order valence-electron chi connectivity index (χ2n) is 4.34. The van der Waals surface area contributed by atoms with Gasteiger partial charge in [0.1, 0.15) is 0 Å². The lowest BCUT2D eigenvalue weighted by Gasteiger charge is -2.25. The van der Waals surface area contributed by atoms with Gasteiger partial charge in [-0.3, -0.25) is 0 Å². The predicted molar refractivity (Wildman–Crippen MR) is 62.3 cm³/mol. The minimum atomic E-state index is -3.15. The topological polar surface area (TPSA) is 46.6 Å². The fourth-order valence-corrected chi connectivity index (χ4v) is 2.65. The van der Waals surface area contributed by atoms with Crippen LogP contribution in [-0.4, -0.2) is 44.8 Å². The van der Waals surface area contributed by atoms with Crippen LogP contribution in [0.5, 0.6) is 0 Å². The van der Waals surface area contributed by atoms with Gasteiger partial charge in [0.05, 0.1) is 11.9 Å². The lowest BCUT2D eigenvalue weighted by Crippen LogP contribution is -2.40. The lowest BCUT2D eigenvalue weighted by molar-refractivity contribution is 0.175. The van der Waals surface area contributed by atoms with Crippen LogP contribution in [0, 0.1) is 5.92 Å². The molecule has 5 heteroatoms. The van der Waals surface area contributed by atoms with E-state index < -0.39 is 10.0 Å². The van der Waals surface area contributed by atoms with Crippen LogP contribution in [0.1, 0.15) is 27.7 Å². The molecule has 15 heavy (non-hydrogen) atoms. The molecule has 0 spiro atoms. The van der Waals surface area contributed by atoms with Crippen molar-refractivity contribution < 1.29 is 13.2 Å². The molecule has 92 valence electrons. The highest BCUT2D eigenvalue weighted by atomic mass is 32.2. The van der Waals surface area contributed by atoms with Gasteiger partial charge >= 0.3 is 0 Å². The highest BCUT2D eigenvalue weighted by molar-refractivity contribution is 7.89. The summed E-state index contributed by atoms with van der Waals surface area (Å²) in [6, 6.07) is 0. The molecular formula is C10H23NO3S. The molecule has 0 saturated heterocycles. The Bertz CT molecular complexity index is 260. The number of ether oxygens (including phenoxy) is 1. The van der Waals surface area contributed by atoms with Crippen molar-refractivity contribution in [1.82, 2.24) is 4.31 Å². The van der Waals surface area contributed by atoms with Crippen molar-refractivity contribution in [3.05, 3.63) is 0 Å². The highest BCUT2D eigenvalue weighted by Crippen LogP contribution is 2.11. The Hall–Kier alpha value is -0.130. The molecule has 0 heterocycles. The molecule has 0 rings (SSSR count). The highest BCUT2D eigenvalue weighted by Gasteiger charge is 2.25. The van der Waals surface area contributed by atoms with Gasteiger partial charge in [0.2, 0.25) is 10.0 Å². The molecule has 4 nitrogen and oxygen atoms in total. The van der Waals surface area contributed by atoms with Crippen molar-refractivity contribution in [2.24, 2.45) is 5.92 Å². The average Bonchev–Trinajstić information content (AvgIpc) is 2.11. The first-order valence-corrected chi connectivity index (χ1v) is 6.80. The monoisotopic (exact) mass is 237 g/mol. The Morgan fingerprint density at radius 1 is 1.20 bits per heavy atom. The Balaban J connectivity index is 4.61. The fourth-order valence-electron chi connectivity index (χ4n) is 1.22. The summed E-state index contributed by atoms with van der Waals surface area (Å²) in [5.74, 6) is 0.329. The molecule has 0 aliphatic rings. The quantitative estimate of drug-likeness (QED) is 0.671. The maximum Gasteiger partial charge on any atom is 0.216 e. The summed E-state index contributed by atoms with van der Waals surface area (Å²) in [6.45, 7) is 8.87. The van der Waals surface area contributed by atoms with E-state index in [1.807, 2.05) is 13.8 Å². The largest absolute Gasteiger partial charge is 0.383 e. The van der Waals surface area contributed by atoms with Crippen LogP contribution >= 0.6 is 0 Å². The van der Waals surface area contributed by atoms with Gasteiger partial charge in [-0.2, -0.15) is 4.31 Å². The number of rotatable bonds is 7. The molecule has 0 aliphatic heterocycles. The van der Waals surface area contributed by atoms with Crippen LogP contribution < -0.4 is 0 Å². The Morgan fingerprint density at radius 2 is 1.73 bits per heavy atom. The van der Waals surface area contributed by atoms with Gasteiger partial charge in [-0.1, -0.05) is 13.8 Å². The molecule has 0 saturated carbocycles. The molecule has 0 fully saturated rings. The molecule has 0 bridgehead atoms. The molecule has 0 radical (unpaired) electrons. The SMILES string of the molecule is COCCN(CC(C)C)S(=O)(=O)C(C)C.